The molecular formula is C23H30N3O3S+. The molecular weight excluding hydrogens is 398 g/mol. The quantitative estimate of drug-likeness (QED) is 0.678. The van der Waals surface area contributed by atoms with Gasteiger partial charge in [0.25, 0.3) is 0 Å². The normalized spacial score (nSPS) is 13.8. The van der Waals surface area contributed by atoms with Crippen LogP contribution in [0.3, 0.4) is 0 Å². The number of nitrogens with zero attached hydrogens (tertiary/aromatic N) is 1. The number of carbonyl (C=O) groups excluding carboxylic acids is 1. The van der Waals surface area contributed by atoms with Crippen LogP contribution in [0.1, 0.15) is 46.4 Å². The molecule has 1 aromatic heterocycles. The largest absolute Gasteiger partial charge is 0.493 e. The van der Waals surface area contributed by atoms with Gasteiger partial charge in [0.05, 0.1) is 39.8 Å². The van der Waals surface area contributed by atoms with Crippen molar-refractivity contribution in [2.24, 2.45) is 0 Å². The van der Waals surface area contributed by atoms with E-state index in [0.29, 0.717) is 24.3 Å². The average molecular weight is 429 g/mol. The predicted octanol–water partition coefficient (Wildman–Crippen LogP) is 2.87. The number of rotatable bonds is 8. The van der Waals surface area contributed by atoms with Crippen LogP contribution in [0.5, 0.6) is 11.5 Å². The number of amides is 1. The van der Waals surface area contributed by atoms with Gasteiger partial charge in [-0.25, -0.2) is 0 Å². The van der Waals surface area contributed by atoms with Crippen molar-refractivity contribution in [3.63, 3.8) is 0 Å². The van der Waals surface area contributed by atoms with Crippen molar-refractivity contribution in [3.8, 4) is 17.6 Å². The molecule has 7 heteroatoms. The fourth-order valence-corrected chi connectivity index (χ4v) is 5.17. The lowest BCUT2D eigenvalue weighted by Gasteiger charge is -2.17. The number of quaternary nitrogens is 1. The Kier molecular flexibility index (Phi) is 7.35. The minimum absolute atomic E-state index is 0.0338. The summed E-state index contributed by atoms with van der Waals surface area (Å²) in [6, 6.07) is 6.29. The van der Waals surface area contributed by atoms with Gasteiger partial charge in [0.2, 0.25) is 5.91 Å². The molecule has 1 atom stereocenters. The number of thiophene rings is 1. The van der Waals surface area contributed by atoms with Crippen molar-refractivity contribution in [3.05, 3.63) is 39.3 Å². The summed E-state index contributed by atoms with van der Waals surface area (Å²) >= 11 is 1.57. The van der Waals surface area contributed by atoms with Gasteiger partial charge in [-0.15, -0.1) is 11.3 Å². The first-order chi connectivity index (χ1) is 14.5. The molecule has 1 unspecified atom stereocenters. The highest BCUT2D eigenvalue weighted by Gasteiger charge is 2.22. The van der Waals surface area contributed by atoms with Crippen LogP contribution >= 0.6 is 11.3 Å². The predicted molar refractivity (Wildman–Crippen MR) is 119 cm³/mol. The molecule has 0 aliphatic heterocycles. The maximum Gasteiger partial charge on any atom is 0.230 e. The van der Waals surface area contributed by atoms with E-state index in [1.807, 2.05) is 12.1 Å². The first kappa shape index (κ1) is 22.1. The molecule has 6 nitrogen and oxygen atoms in total. The van der Waals surface area contributed by atoms with Gasteiger partial charge in [0.15, 0.2) is 11.5 Å². The van der Waals surface area contributed by atoms with E-state index in [1.54, 1.807) is 25.6 Å². The Bertz CT molecular complexity index is 962. The van der Waals surface area contributed by atoms with Crippen molar-refractivity contribution in [2.45, 2.75) is 45.6 Å². The van der Waals surface area contributed by atoms with Gasteiger partial charge in [0, 0.05) is 10.4 Å². The van der Waals surface area contributed by atoms with Crippen LogP contribution < -0.4 is 19.7 Å². The summed E-state index contributed by atoms with van der Waals surface area (Å²) in [4.78, 5) is 15.0. The SMILES string of the molecule is COc1cc(C)c(C[NH+](C)CCC(=O)Nc2sc3c(c2C#N)CCCC3)cc1OC. The van der Waals surface area contributed by atoms with Gasteiger partial charge in [-0.2, -0.15) is 5.26 Å². The van der Waals surface area contributed by atoms with Crippen LogP contribution in [-0.2, 0) is 24.2 Å². The molecule has 1 aliphatic rings. The van der Waals surface area contributed by atoms with E-state index in [1.165, 1.54) is 15.3 Å². The maximum absolute atomic E-state index is 12.5. The van der Waals surface area contributed by atoms with E-state index in [0.717, 1.165) is 54.1 Å². The Morgan fingerprint density at radius 1 is 1.23 bits per heavy atom. The van der Waals surface area contributed by atoms with Gasteiger partial charge < -0.3 is 19.7 Å². The third-order valence-corrected chi connectivity index (χ3v) is 6.86. The van der Waals surface area contributed by atoms with Crippen molar-refractivity contribution in [2.75, 3.05) is 33.1 Å². The molecule has 0 radical (unpaired) electrons. The zero-order valence-corrected chi connectivity index (χ0v) is 19.0. The first-order valence-corrected chi connectivity index (χ1v) is 11.2. The summed E-state index contributed by atoms with van der Waals surface area (Å²) in [6.07, 6.45) is 4.65. The number of anilines is 1. The Labute approximate surface area is 182 Å². The standard InChI is InChI=1S/C23H29N3O3S/c1-15-11-19(28-3)20(29-4)12-16(15)14-26(2)10-9-22(27)25-23-18(13-24)17-7-5-6-8-21(17)30-23/h11-12H,5-10,14H2,1-4H3,(H,25,27)/p+1. The molecule has 0 saturated heterocycles. The summed E-state index contributed by atoms with van der Waals surface area (Å²) < 4.78 is 10.8. The lowest BCUT2D eigenvalue weighted by molar-refractivity contribution is -0.893. The maximum atomic E-state index is 12.5. The van der Waals surface area contributed by atoms with Crippen LogP contribution in [0, 0.1) is 18.3 Å². The average Bonchev–Trinajstić information content (AvgIpc) is 3.10. The smallest absolute Gasteiger partial charge is 0.230 e. The van der Waals surface area contributed by atoms with E-state index < -0.39 is 0 Å². The molecule has 0 spiro atoms. The minimum atomic E-state index is -0.0338. The molecule has 1 aliphatic carbocycles. The summed E-state index contributed by atoms with van der Waals surface area (Å²) in [5.41, 5.74) is 4.13. The summed E-state index contributed by atoms with van der Waals surface area (Å²) in [5.74, 6) is 1.41. The number of hydrogen-bond acceptors (Lipinski definition) is 5. The lowest BCUT2D eigenvalue weighted by atomic mass is 9.96. The molecule has 3 rings (SSSR count). The topological polar surface area (TPSA) is 75.8 Å². The van der Waals surface area contributed by atoms with Crippen LogP contribution in [0.2, 0.25) is 0 Å². The lowest BCUT2D eigenvalue weighted by Crippen LogP contribution is -3.07. The summed E-state index contributed by atoms with van der Waals surface area (Å²) in [5, 5.41) is 13.3. The number of nitrogens with one attached hydrogen (secondary N) is 2. The van der Waals surface area contributed by atoms with E-state index in [9.17, 15) is 10.1 Å². The number of hydrogen-bond donors (Lipinski definition) is 2. The zero-order valence-electron chi connectivity index (χ0n) is 18.2. The third kappa shape index (κ3) is 4.94. The Morgan fingerprint density at radius 2 is 1.93 bits per heavy atom. The van der Waals surface area contributed by atoms with E-state index >= 15 is 0 Å². The highest BCUT2D eigenvalue weighted by atomic mass is 32.1. The van der Waals surface area contributed by atoms with Gasteiger partial charge in [-0.3, -0.25) is 4.79 Å². The van der Waals surface area contributed by atoms with Gasteiger partial charge in [-0.05, 0) is 55.9 Å². The fraction of sp³-hybridized carbons (Fsp3) is 0.478. The van der Waals surface area contributed by atoms with Crippen molar-refractivity contribution in [1.29, 1.82) is 5.26 Å². The minimum Gasteiger partial charge on any atom is -0.493 e. The number of ether oxygens (including phenoxy) is 2. The van der Waals surface area contributed by atoms with Gasteiger partial charge >= 0.3 is 0 Å². The molecule has 1 amide bonds. The number of aryl methyl sites for hydroxylation is 2. The molecule has 1 heterocycles. The highest BCUT2D eigenvalue weighted by Crippen LogP contribution is 2.37. The Hall–Kier alpha value is -2.56. The zero-order chi connectivity index (χ0) is 21.7. The number of methoxy groups -OCH3 is 2. The van der Waals surface area contributed by atoms with Crippen LogP contribution in [-0.4, -0.2) is 33.7 Å². The van der Waals surface area contributed by atoms with E-state index in [-0.39, 0.29) is 5.91 Å². The van der Waals surface area contributed by atoms with Crippen LogP contribution in [0.15, 0.2) is 12.1 Å². The first-order valence-electron chi connectivity index (χ1n) is 10.3. The second-order valence-corrected chi connectivity index (χ2v) is 8.95. The molecule has 30 heavy (non-hydrogen) atoms. The number of nitriles is 1. The summed E-state index contributed by atoms with van der Waals surface area (Å²) in [6.45, 7) is 3.54. The van der Waals surface area contributed by atoms with Crippen molar-refractivity contribution >= 4 is 22.2 Å². The van der Waals surface area contributed by atoms with Crippen molar-refractivity contribution < 1.29 is 19.2 Å². The monoisotopic (exact) mass is 428 g/mol. The van der Waals surface area contributed by atoms with Gasteiger partial charge in [-0.1, -0.05) is 0 Å². The number of fused-ring (bicyclic) bond motifs is 1. The number of carbonyl (C=O) groups is 1. The molecule has 1 aromatic carbocycles. The van der Waals surface area contributed by atoms with Crippen LogP contribution in [0.25, 0.3) is 0 Å². The molecule has 0 bridgehead atoms. The number of benzene rings is 1. The van der Waals surface area contributed by atoms with Crippen LogP contribution in [0.4, 0.5) is 5.00 Å². The van der Waals surface area contributed by atoms with E-state index in [4.69, 9.17) is 9.47 Å². The molecule has 2 N–H and O–H groups in total. The Balaban J connectivity index is 1.58. The fourth-order valence-electron chi connectivity index (χ4n) is 3.91. The van der Waals surface area contributed by atoms with Gasteiger partial charge in [0.1, 0.15) is 17.6 Å². The van der Waals surface area contributed by atoms with Crippen molar-refractivity contribution in [1.82, 2.24) is 0 Å². The second kappa shape index (κ2) is 9.96. The summed E-state index contributed by atoms with van der Waals surface area (Å²) in [7, 11) is 5.35. The molecule has 0 fully saturated rings. The molecule has 0 saturated carbocycles. The Morgan fingerprint density at radius 3 is 2.63 bits per heavy atom. The second-order valence-electron chi connectivity index (χ2n) is 7.84. The van der Waals surface area contributed by atoms with E-state index in [2.05, 4.69) is 25.4 Å². The molecule has 160 valence electrons. The highest BCUT2D eigenvalue weighted by molar-refractivity contribution is 7.16. The molecule has 2 aromatic rings. The third-order valence-electron chi connectivity index (χ3n) is 5.65.